The van der Waals surface area contributed by atoms with E-state index in [-0.39, 0.29) is 30.9 Å². The second kappa shape index (κ2) is 7.59. The molecule has 1 saturated heterocycles. The van der Waals surface area contributed by atoms with Gasteiger partial charge in [0.05, 0.1) is 26.8 Å². The summed E-state index contributed by atoms with van der Waals surface area (Å²) in [6.07, 6.45) is 0.463. The standard InChI is InChI=1S/C12H19N3O4/c1-18-11(16)6-9-5-10(14-12(17)19-2)8-15(7-9)4-3-13/h9-10H,4-8H2,1-2H3,(H,14,17). The molecular weight excluding hydrogens is 250 g/mol. The van der Waals surface area contributed by atoms with Gasteiger partial charge in [-0.1, -0.05) is 0 Å². The summed E-state index contributed by atoms with van der Waals surface area (Å²) in [6, 6.07) is 1.96. The lowest BCUT2D eigenvalue weighted by atomic mass is 9.91. The first-order valence-electron chi connectivity index (χ1n) is 6.09. The van der Waals surface area contributed by atoms with Crippen LogP contribution in [0.15, 0.2) is 0 Å². The molecule has 0 aromatic rings. The van der Waals surface area contributed by atoms with E-state index < -0.39 is 6.09 Å². The van der Waals surface area contributed by atoms with Gasteiger partial charge in [0.1, 0.15) is 0 Å². The lowest BCUT2D eigenvalue weighted by molar-refractivity contribution is -0.142. The number of piperidine rings is 1. The molecular formula is C12H19N3O4. The summed E-state index contributed by atoms with van der Waals surface area (Å²) in [7, 11) is 2.65. The van der Waals surface area contributed by atoms with Crippen molar-refractivity contribution in [2.45, 2.75) is 18.9 Å². The Bertz CT molecular complexity index is 340. The number of nitriles is 1. The zero-order chi connectivity index (χ0) is 14.3. The van der Waals surface area contributed by atoms with Crippen LogP contribution in [0.5, 0.6) is 0 Å². The number of hydrogen-bond donors (Lipinski definition) is 1. The van der Waals surface area contributed by atoms with Crippen LogP contribution >= 0.6 is 0 Å². The van der Waals surface area contributed by atoms with E-state index in [9.17, 15) is 9.59 Å². The molecule has 7 heteroatoms. The Morgan fingerprint density at radius 1 is 1.37 bits per heavy atom. The number of alkyl carbamates (subject to hydrolysis) is 1. The van der Waals surface area contributed by atoms with Gasteiger partial charge in [-0.3, -0.25) is 9.69 Å². The van der Waals surface area contributed by atoms with Crippen molar-refractivity contribution in [2.24, 2.45) is 5.92 Å². The molecule has 19 heavy (non-hydrogen) atoms. The summed E-state index contributed by atoms with van der Waals surface area (Å²) < 4.78 is 9.21. The largest absolute Gasteiger partial charge is 0.469 e. The Morgan fingerprint density at radius 3 is 2.68 bits per heavy atom. The van der Waals surface area contributed by atoms with Crippen molar-refractivity contribution in [3.05, 3.63) is 0 Å². The maximum absolute atomic E-state index is 11.3. The highest BCUT2D eigenvalue weighted by Gasteiger charge is 2.29. The fourth-order valence-electron chi connectivity index (χ4n) is 2.33. The van der Waals surface area contributed by atoms with Gasteiger partial charge in [-0.25, -0.2) is 4.79 Å². The van der Waals surface area contributed by atoms with Gasteiger partial charge in [0, 0.05) is 25.6 Å². The third kappa shape index (κ3) is 5.14. The van der Waals surface area contributed by atoms with E-state index in [4.69, 9.17) is 5.26 Å². The number of ether oxygens (including phenoxy) is 2. The molecule has 106 valence electrons. The molecule has 1 aliphatic heterocycles. The minimum atomic E-state index is -0.499. The van der Waals surface area contributed by atoms with Crippen molar-refractivity contribution in [1.29, 1.82) is 5.26 Å². The molecule has 7 nitrogen and oxygen atoms in total. The lowest BCUT2D eigenvalue weighted by Gasteiger charge is -2.36. The van der Waals surface area contributed by atoms with Crippen LogP contribution in [-0.4, -0.2) is 56.9 Å². The summed E-state index contributed by atoms with van der Waals surface area (Å²) in [4.78, 5) is 24.4. The second-order valence-corrected chi connectivity index (χ2v) is 4.57. The smallest absolute Gasteiger partial charge is 0.407 e. The average Bonchev–Trinajstić information content (AvgIpc) is 2.38. The fraction of sp³-hybridized carbons (Fsp3) is 0.750. The number of methoxy groups -OCH3 is 2. The van der Waals surface area contributed by atoms with E-state index >= 15 is 0 Å². The molecule has 1 N–H and O–H groups in total. The van der Waals surface area contributed by atoms with Gasteiger partial charge in [0.15, 0.2) is 0 Å². The van der Waals surface area contributed by atoms with Crippen molar-refractivity contribution >= 4 is 12.1 Å². The highest BCUT2D eigenvalue weighted by molar-refractivity contribution is 5.69. The topological polar surface area (TPSA) is 91.7 Å². The van der Waals surface area contributed by atoms with Gasteiger partial charge in [0.2, 0.25) is 0 Å². The number of nitrogens with one attached hydrogen (secondary N) is 1. The maximum Gasteiger partial charge on any atom is 0.407 e. The normalized spacial score (nSPS) is 23.2. The Balaban J connectivity index is 2.59. The summed E-state index contributed by atoms with van der Waals surface area (Å²) in [6.45, 7) is 1.51. The number of amides is 1. The van der Waals surface area contributed by atoms with E-state index in [1.54, 1.807) is 0 Å². The number of nitrogens with zero attached hydrogens (tertiary/aromatic N) is 2. The molecule has 0 bridgehead atoms. The molecule has 1 heterocycles. The molecule has 0 aliphatic carbocycles. The van der Waals surface area contributed by atoms with Crippen LogP contribution in [0.25, 0.3) is 0 Å². The monoisotopic (exact) mass is 269 g/mol. The Kier molecular flexibility index (Phi) is 6.09. The minimum absolute atomic E-state index is 0.0664. The number of rotatable bonds is 4. The summed E-state index contributed by atoms with van der Waals surface area (Å²) in [5.74, 6) is -0.211. The molecule has 2 unspecified atom stereocenters. The zero-order valence-electron chi connectivity index (χ0n) is 11.2. The first-order chi connectivity index (χ1) is 9.08. The van der Waals surface area contributed by atoms with Crippen LogP contribution in [0.1, 0.15) is 12.8 Å². The molecule has 1 amide bonds. The van der Waals surface area contributed by atoms with Gasteiger partial charge >= 0.3 is 12.1 Å². The van der Waals surface area contributed by atoms with Crippen LogP contribution in [0.3, 0.4) is 0 Å². The van der Waals surface area contributed by atoms with Crippen LogP contribution in [-0.2, 0) is 14.3 Å². The summed E-state index contributed by atoms with van der Waals surface area (Å²) in [5.41, 5.74) is 0. The first kappa shape index (κ1) is 15.2. The highest BCUT2D eigenvalue weighted by atomic mass is 16.5. The van der Waals surface area contributed by atoms with Crippen LogP contribution < -0.4 is 5.32 Å². The SMILES string of the molecule is COC(=O)CC1CC(NC(=O)OC)CN(CC#N)C1. The second-order valence-electron chi connectivity index (χ2n) is 4.57. The molecule has 0 radical (unpaired) electrons. The molecule has 2 atom stereocenters. The van der Waals surface area contributed by atoms with E-state index in [0.717, 1.165) is 0 Å². The van der Waals surface area contributed by atoms with Gasteiger partial charge < -0.3 is 14.8 Å². The van der Waals surface area contributed by atoms with Crippen LogP contribution in [0, 0.1) is 17.2 Å². The van der Waals surface area contributed by atoms with E-state index in [1.165, 1.54) is 14.2 Å². The quantitative estimate of drug-likeness (QED) is 0.575. The Morgan fingerprint density at radius 2 is 2.11 bits per heavy atom. The average molecular weight is 269 g/mol. The summed E-state index contributed by atoms with van der Waals surface area (Å²) in [5, 5.41) is 11.5. The van der Waals surface area contributed by atoms with E-state index in [1.807, 2.05) is 4.90 Å². The fourth-order valence-corrected chi connectivity index (χ4v) is 2.33. The molecule has 0 spiro atoms. The Labute approximate surface area is 112 Å². The van der Waals surface area contributed by atoms with Crippen molar-refractivity contribution < 1.29 is 19.1 Å². The molecule has 0 aromatic carbocycles. The van der Waals surface area contributed by atoms with Gasteiger partial charge in [-0.15, -0.1) is 0 Å². The predicted octanol–water partition coefficient (Wildman–Crippen LogP) is 0.120. The van der Waals surface area contributed by atoms with Crippen molar-refractivity contribution in [1.82, 2.24) is 10.2 Å². The molecule has 1 aliphatic rings. The lowest BCUT2D eigenvalue weighted by Crippen LogP contribution is -2.51. The number of esters is 1. The van der Waals surface area contributed by atoms with Gasteiger partial charge in [0.25, 0.3) is 0 Å². The third-order valence-corrected chi connectivity index (χ3v) is 3.10. The van der Waals surface area contributed by atoms with Crippen LogP contribution in [0.2, 0.25) is 0 Å². The molecule has 0 saturated carbocycles. The van der Waals surface area contributed by atoms with Gasteiger partial charge in [-0.2, -0.15) is 5.26 Å². The highest BCUT2D eigenvalue weighted by Crippen LogP contribution is 2.20. The zero-order valence-corrected chi connectivity index (χ0v) is 11.2. The molecule has 0 aromatic heterocycles. The van der Waals surface area contributed by atoms with Crippen LogP contribution in [0.4, 0.5) is 4.79 Å². The maximum atomic E-state index is 11.3. The third-order valence-electron chi connectivity index (χ3n) is 3.10. The van der Waals surface area contributed by atoms with Crippen molar-refractivity contribution in [3.63, 3.8) is 0 Å². The molecule has 1 fully saturated rings. The number of carbonyl (C=O) groups excluding carboxylic acids is 2. The number of likely N-dealkylation sites (tertiary alicyclic amines) is 1. The first-order valence-corrected chi connectivity index (χ1v) is 6.09. The predicted molar refractivity (Wildman–Crippen MR) is 66.1 cm³/mol. The number of hydrogen-bond acceptors (Lipinski definition) is 6. The minimum Gasteiger partial charge on any atom is -0.469 e. The number of carbonyl (C=O) groups is 2. The van der Waals surface area contributed by atoms with Gasteiger partial charge in [-0.05, 0) is 12.3 Å². The van der Waals surface area contributed by atoms with E-state index in [2.05, 4.69) is 20.9 Å². The summed E-state index contributed by atoms with van der Waals surface area (Å²) >= 11 is 0. The molecule has 1 rings (SSSR count). The van der Waals surface area contributed by atoms with Crippen molar-refractivity contribution in [2.75, 3.05) is 33.9 Å². The van der Waals surface area contributed by atoms with E-state index in [0.29, 0.717) is 19.5 Å². The Hall–Kier alpha value is -1.81. The van der Waals surface area contributed by atoms with Crippen molar-refractivity contribution in [3.8, 4) is 6.07 Å².